The third kappa shape index (κ3) is 1.99. The normalized spacial score (nSPS) is 17.5. The van der Waals surface area contributed by atoms with Crippen molar-refractivity contribution >= 4 is 11.6 Å². The fraction of sp³-hybridized carbons (Fsp3) is 0.400. The van der Waals surface area contributed by atoms with Gasteiger partial charge in [-0.25, -0.2) is 4.98 Å². The fourth-order valence-electron chi connectivity index (χ4n) is 2.62. The first kappa shape index (κ1) is 13.1. The van der Waals surface area contributed by atoms with Gasteiger partial charge in [0.05, 0.1) is 18.0 Å². The van der Waals surface area contributed by atoms with E-state index in [1.54, 1.807) is 12.3 Å². The van der Waals surface area contributed by atoms with Gasteiger partial charge in [-0.2, -0.15) is 10.4 Å². The van der Waals surface area contributed by atoms with Gasteiger partial charge in [0.25, 0.3) is 0 Å². The number of halogens is 1. The topological polar surface area (TPSA) is 54.5 Å². The molecule has 1 saturated carbocycles. The molecule has 0 aromatic carbocycles. The first-order chi connectivity index (χ1) is 9.56. The molecule has 102 valence electrons. The Morgan fingerprint density at radius 1 is 1.45 bits per heavy atom. The van der Waals surface area contributed by atoms with E-state index in [-0.39, 0.29) is 0 Å². The van der Waals surface area contributed by atoms with Crippen LogP contribution >= 0.6 is 11.6 Å². The second-order valence-electron chi connectivity index (χ2n) is 5.42. The van der Waals surface area contributed by atoms with Crippen LogP contribution in [0.4, 0.5) is 0 Å². The van der Waals surface area contributed by atoms with Crippen molar-refractivity contribution in [3.05, 3.63) is 46.5 Å². The van der Waals surface area contributed by atoms with Crippen molar-refractivity contribution in [2.45, 2.75) is 31.1 Å². The molecule has 0 saturated heterocycles. The number of pyridine rings is 1. The predicted molar refractivity (Wildman–Crippen MR) is 76.5 cm³/mol. The third-order valence-corrected chi connectivity index (χ3v) is 4.15. The van der Waals surface area contributed by atoms with Gasteiger partial charge in [-0.3, -0.25) is 4.68 Å². The van der Waals surface area contributed by atoms with Gasteiger partial charge in [0.2, 0.25) is 0 Å². The second kappa shape index (κ2) is 4.60. The van der Waals surface area contributed by atoms with Gasteiger partial charge in [-0.05, 0) is 31.9 Å². The number of hydrogen-bond acceptors (Lipinski definition) is 3. The number of aromatic nitrogens is 3. The quantitative estimate of drug-likeness (QED) is 0.814. The van der Waals surface area contributed by atoms with Crippen LogP contribution in [0.5, 0.6) is 0 Å². The molecule has 0 radical (unpaired) electrons. The van der Waals surface area contributed by atoms with E-state index in [4.69, 9.17) is 11.6 Å². The van der Waals surface area contributed by atoms with Crippen molar-refractivity contribution in [2.75, 3.05) is 0 Å². The molecule has 1 unspecified atom stereocenters. The first-order valence-corrected chi connectivity index (χ1v) is 7.00. The second-order valence-corrected chi connectivity index (χ2v) is 5.81. The lowest BCUT2D eigenvalue weighted by Crippen LogP contribution is -2.24. The molecule has 0 spiro atoms. The molecule has 0 bridgehead atoms. The van der Waals surface area contributed by atoms with Crippen LogP contribution < -0.4 is 0 Å². The smallest absolute Gasteiger partial charge is 0.129 e. The first-order valence-electron chi connectivity index (χ1n) is 6.63. The summed E-state index contributed by atoms with van der Waals surface area (Å²) in [4.78, 5) is 4.33. The van der Waals surface area contributed by atoms with Crippen LogP contribution in [0.1, 0.15) is 42.6 Å². The van der Waals surface area contributed by atoms with Gasteiger partial charge >= 0.3 is 0 Å². The van der Waals surface area contributed by atoms with Crippen molar-refractivity contribution in [1.29, 1.82) is 5.26 Å². The highest BCUT2D eigenvalue weighted by molar-refractivity contribution is 6.29. The maximum atomic E-state index is 9.75. The van der Waals surface area contributed by atoms with Crippen LogP contribution in [0.15, 0.2) is 24.4 Å². The molecule has 0 N–H and O–H groups in total. The largest absolute Gasteiger partial charge is 0.272 e. The van der Waals surface area contributed by atoms with Crippen LogP contribution in [0.25, 0.3) is 0 Å². The number of aryl methyl sites for hydroxylation is 1. The highest BCUT2D eigenvalue weighted by atomic mass is 35.5. The third-order valence-electron chi connectivity index (χ3n) is 3.94. The van der Waals surface area contributed by atoms with Crippen molar-refractivity contribution in [2.24, 2.45) is 7.05 Å². The van der Waals surface area contributed by atoms with E-state index in [1.165, 1.54) is 0 Å². The Bertz CT molecular complexity index is 696. The summed E-state index contributed by atoms with van der Waals surface area (Å²) in [6.45, 7) is 1.88. The van der Waals surface area contributed by atoms with Gasteiger partial charge < -0.3 is 0 Å². The van der Waals surface area contributed by atoms with Crippen LogP contribution in [-0.2, 0) is 12.5 Å². The molecule has 5 heteroatoms. The molecule has 1 fully saturated rings. The highest BCUT2D eigenvalue weighted by Gasteiger charge is 2.39. The van der Waals surface area contributed by atoms with Gasteiger partial charge in [-0.15, -0.1) is 0 Å². The summed E-state index contributed by atoms with van der Waals surface area (Å²) < 4.78 is 1.88. The molecule has 1 atom stereocenters. The summed E-state index contributed by atoms with van der Waals surface area (Å²) in [5.41, 5.74) is 1.94. The van der Waals surface area contributed by atoms with Crippen LogP contribution in [0.2, 0.25) is 5.15 Å². The van der Waals surface area contributed by atoms with E-state index in [1.807, 2.05) is 30.8 Å². The number of hydrogen-bond donors (Lipinski definition) is 0. The van der Waals surface area contributed by atoms with Crippen LogP contribution in [0.3, 0.4) is 0 Å². The average molecular weight is 287 g/mol. The molecule has 4 nitrogen and oxygen atoms in total. The zero-order valence-corrected chi connectivity index (χ0v) is 12.2. The van der Waals surface area contributed by atoms with E-state index in [0.717, 1.165) is 24.1 Å². The van der Waals surface area contributed by atoms with Gasteiger partial charge in [-0.1, -0.05) is 17.7 Å². The van der Waals surface area contributed by atoms with E-state index < -0.39 is 5.41 Å². The molecule has 0 aliphatic heterocycles. The number of nitriles is 1. The molecule has 1 aliphatic rings. The summed E-state index contributed by atoms with van der Waals surface area (Å²) >= 11 is 5.97. The van der Waals surface area contributed by atoms with Crippen molar-refractivity contribution in [3.8, 4) is 6.07 Å². The average Bonchev–Trinajstić information content (AvgIpc) is 3.20. The standard InChI is InChI=1S/C15H15ClN4/c1-15(9-17,12-4-3-5-13(16)19-12)11-8-18-20(2)14(11)10-6-7-10/h3-5,8,10H,6-7H2,1-2H3. The lowest BCUT2D eigenvalue weighted by atomic mass is 9.80. The summed E-state index contributed by atoms with van der Waals surface area (Å²) in [6, 6.07) is 7.79. The van der Waals surface area contributed by atoms with Crippen molar-refractivity contribution in [1.82, 2.24) is 14.8 Å². The molecule has 3 rings (SSSR count). The molecule has 2 heterocycles. The Morgan fingerprint density at radius 3 is 2.80 bits per heavy atom. The Balaban J connectivity index is 2.16. The lowest BCUT2D eigenvalue weighted by molar-refractivity contribution is 0.672. The SMILES string of the molecule is Cn1ncc(C(C)(C#N)c2cccc(Cl)n2)c1C1CC1. The summed E-state index contributed by atoms with van der Waals surface area (Å²) in [5.74, 6) is 0.518. The van der Waals surface area contributed by atoms with E-state index in [0.29, 0.717) is 16.8 Å². The zero-order valence-electron chi connectivity index (χ0n) is 11.5. The Hall–Kier alpha value is -1.86. The van der Waals surface area contributed by atoms with Crippen molar-refractivity contribution in [3.63, 3.8) is 0 Å². The van der Waals surface area contributed by atoms with E-state index in [9.17, 15) is 5.26 Å². The molecule has 2 aromatic rings. The van der Waals surface area contributed by atoms with E-state index >= 15 is 0 Å². The summed E-state index contributed by atoms with van der Waals surface area (Å²) in [7, 11) is 1.93. The van der Waals surface area contributed by atoms with Crippen LogP contribution in [0, 0.1) is 11.3 Å². The number of rotatable bonds is 3. The monoisotopic (exact) mass is 286 g/mol. The molecular formula is C15H15ClN4. The summed E-state index contributed by atoms with van der Waals surface area (Å²) in [6.07, 6.45) is 4.12. The fourth-order valence-corrected chi connectivity index (χ4v) is 2.78. The van der Waals surface area contributed by atoms with Gasteiger partial charge in [0.1, 0.15) is 10.6 Å². The molecule has 0 amide bonds. The minimum absolute atomic E-state index is 0.404. The predicted octanol–water partition coefficient (Wildman–Crippen LogP) is 3.18. The van der Waals surface area contributed by atoms with Crippen LogP contribution in [-0.4, -0.2) is 14.8 Å². The Kier molecular flexibility index (Phi) is 3.02. The molecule has 2 aromatic heterocycles. The maximum Gasteiger partial charge on any atom is 0.129 e. The van der Waals surface area contributed by atoms with Gasteiger partial charge in [0.15, 0.2) is 0 Å². The van der Waals surface area contributed by atoms with E-state index in [2.05, 4.69) is 16.2 Å². The zero-order chi connectivity index (χ0) is 14.3. The number of nitrogens with zero attached hydrogens (tertiary/aromatic N) is 4. The minimum atomic E-state index is -0.822. The molecular weight excluding hydrogens is 272 g/mol. The van der Waals surface area contributed by atoms with Gasteiger partial charge in [0, 0.05) is 24.2 Å². The Morgan fingerprint density at radius 2 is 2.20 bits per heavy atom. The Labute approximate surface area is 123 Å². The molecule has 20 heavy (non-hydrogen) atoms. The highest BCUT2D eigenvalue weighted by Crippen LogP contribution is 2.45. The lowest BCUT2D eigenvalue weighted by Gasteiger charge is -2.22. The molecule has 1 aliphatic carbocycles. The maximum absolute atomic E-state index is 9.75. The minimum Gasteiger partial charge on any atom is -0.272 e. The summed E-state index contributed by atoms with van der Waals surface area (Å²) in [5, 5.41) is 14.5. The van der Waals surface area contributed by atoms with Crippen molar-refractivity contribution < 1.29 is 0 Å².